The van der Waals surface area contributed by atoms with E-state index in [4.69, 9.17) is 5.11 Å². The third-order valence-corrected chi connectivity index (χ3v) is 6.20. The fourth-order valence-electron chi connectivity index (χ4n) is 3.27. The summed E-state index contributed by atoms with van der Waals surface area (Å²) in [6.45, 7) is 0.683. The Morgan fingerprint density at radius 1 is 1.19 bits per heavy atom. The SMILES string of the molecule is CNS(=O)(=O)c1ccc(CCC(=O)N2CCCCC2CCC(=O)O)cc1. The van der Waals surface area contributed by atoms with E-state index in [9.17, 15) is 18.0 Å². The lowest BCUT2D eigenvalue weighted by Crippen LogP contribution is -2.44. The molecule has 2 N–H and O–H groups in total. The Morgan fingerprint density at radius 3 is 2.50 bits per heavy atom. The van der Waals surface area contributed by atoms with Gasteiger partial charge in [-0.15, -0.1) is 0 Å². The summed E-state index contributed by atoms with van der Waals surface area (Å²) in [7, 11) is -2.09. The van der Waals surface area contributed by atoms with Gasteiger partial charge in [0.05, 0.1) is 4.90 Å². The molecule has 1 aliphatic heterocycles. The summed E-state index contributed by atoms with van der Waals surface area (Å²) in [5.74, 6) is -0.799. The van der Waals surface area contributed by atoms with Crippen molar-refractivity contribution in [3.8, 4) is 0 Å². The van der Waals surface area contributed by atoms with Crippen LogP contribution in [0.3, 0.4) is 0 Å². The number of carboxylic acid groups (broad SMARTS) is 1. The van der Waals surface area contributed by atoms with Gasteiger partial charge in [-0.25, -0.2) is 13.1 Å². The van der Waals surface area contributed by atoms with Crippen LogP contribution in [0.2, 0.25) is 0 Å². The number of hydrogen-bond acceptors (Lipinski definition) is 4. The second-order valence-electron chi connectivity index (χ2n) is 6.52. The third kappa shape index (κ3) is 5.54. The quantitative estimate of drug-likeness (QED) is 0.713. The molecule has 7 nitrogen and oxygen atoms in total. The Labute approximate surface area is 154 Å². The van der Waals surface area contributed by atoms with E-state index in [0.29, 0.717) is 25.8 Å². The van der Waals surface area contributed by atoms with E-state index < -0.39 is 16.0 Å². The molecule has 26 heavy (non-hydrogen) atoms. The average molecular weight is 382 g/mol. The molecule has 0 aromatic heterocycles. The topological polar surface area (TPSA) is 104 Å². The number of benzene rings is 1. The predicted octanol–water partition coefficient (Wildman–Crippen LogP) is 1.77. The van der Waals surface area contributed by atoms with E-state index in [0.717, 1.165) is 24.8 Å². The normalized spacial score (nSPS) is 17.9. The first-order valence-electron chi connectivity index (χ1n) is 8.87. The molecule has 1 aromatic carbocycles. The maximum Gasteiger partial charge on any atom is 0.303 e. The molecule has 2 rings (SSSR count). The highest BCUT2D eigenvalue weighted by molar-refractivity contribution is 7.89. The van der Waals surface area contributed by atoms with Gasteiger partial charge < -0.3 is 10.0 Å². The second-order valence-corrected chi connectivity index (χ2v) is 8.41. The molecule has 1 fully saturated rings. The fourth-order valence-corrected chi connectivity index (χ4v) is 4.00. The summed E-state index contributed by atoms with van der Waals surface area (Å²) in [5, 5.41) is 8.87. The molecule has 1 heterocycles. The first-order chi connectivity index (χ1) is 12.3. The Bertz CT molecular complexity index is 730. The minimum absolute atomic E-state index is 0.00972. The molecule has 0 radical (unpaired) electrons. The highest BCUT2D eigenvalue weighted by atomic mass is 32.2. The van der Waals surface area contributed by atoms with Crippen LogP contribution >= 0.6 is 0 Å². The molecule has 1 unspecified atom stereocenters. The maximum absolute atomic E-state index is 12.6. The zero-order valence-corrected chi connectivity index (χ0v) is 15.8. The standard InChI is InChI=1S/C18H26N2O5S/c1-19-26(24,25)16-9-5-14(6-10-16)7-11-17(21)20-13-3-2-4-15(20)8-12-18(22)23/h5-6,9-10,15,19H,2-4,7-8,11-13H2,1H3,(H,22,23). The molecular formula is C18H26N2O5S. The number of carbonyl (C=O) groups excluding carboxylic acids is 1. The molecule has 144 valence electrons. The smallest absolute Gasteiger partial charge is 0.303 e. The molecule has 0 saturated carbocycles. The third-order valence-electron chi connectivity index (χ3n) is 4.77. The number of likely N-dealkylation sites (tertiary alicyclic amines) is 1. The Balaban J connectivity index is 1.93. The molecule has 1 aliphatic rings. The minimum atomic E-state index is -3.46. The minimum Gasteiger partial charge on any atom is -0.481 e. The molecular weight excluding hydrogens is 356 g/mol. The van der Waals surface area contributed by atoms with Crippen LogP contribution in [-0.2, 0) is 26.0 Å². The van der Waals surface area contributed by atoms with E-state index >= 15 is 0 Å². The molecule has 1 amide bonds. The number of sulfonamides is 1. The number of carboxylic acids is 1. The van der Waals surface area contributed by atoms with Crippen LogP contribution in [0, 0.1) is 0 Å². The Morgan fingerprint density at radius 2 is 1.88 bits per heavy atom. The second kappa shape index (κ2) is 9.14. The Hall–Kier alpha value is -1.93. The van der Waals surface area contributed by atoms with Crippen LogP contribution in [-0.4, -0.2) is 49.9 Å². The summed E-state index contributed by atoms with van der Waals surface area (Å²) >= 11 is 0. The van der Waals surface area contributed by atoms with Gasteiger partial charge >= 0.3 is 5.97 Å². The lowest BCUT2D eigenvalue weighted by atomic mass is 9.97. The Kier molecular flexibility index (Phi) is 7.16. The van der Waals surface area contributed by atoms with E-state index in [-0.39, 0.29) is 23.3 Å². The number of piperidine rings is 1. The highest BCUT2D eigenvalue weighted by Crippen LogP contribution is 2.22. The van der Waals surface area contributed by atoms with Crippen molar-refractivity contribution < 1.29 is 23.1 Å². The van der Waals surface area contributed by atoms with Gasteiger partial charge in [-0.2, -0.15) is 0 Å². The van der Waals surface area contributed by atoms with Gasteiger partial charge in [0.2, 0.25) is 15.9 Å². The van der Waals surface area contributed by atoms with Gasteiger partial charge in [0.15, 0.2) is 0 Å². The largest absolute Gasteiger partial charge is 0.481 e. The van der Waals surface area contributed by atoms with Crippen molar-refractivity contribution in [1.29, 1.82) is 0 Å². The van der Waals surface area contributed by atoms with Crippen LogP contribution in [0.15, 0.2) is 29.2 Å². The summed E-state index contributed by atoms with van der Waals surface area (Å²) < 4.78 is 25.7. The van der Waals surface area contributed by atoms with Crippen molar-refractivity contribution in [2.75, 3.05) is 13.6 Å². The van der Waals surface area contributed by atoms with E-state index in [1.54, 1.807) is 12.1 Å². The van der Waals surface area contributed by atoms with Gasteiger partial charge in [0.1, 0.15) is 0 Å². The average Bonchev–Trinajstić information content (AvgIpc) is 2.65. The van der Waals surface area contributed by atoms with Crippen LogP contribution in [0.1, 0.15) is 44.1 Å². The fraction of sp³-hybridized carbons (Fsp3) is 0.556. The number of hydrogen-bond donors (Lipinski definition) is 2. The summed E-state index contributed by atoms with van der Waals surface area (Å²) in [5.41, 5.74) is 0.896. The van der Waals surface area contributed by atoms with E-state index in [2.05, 4.69) is 4.72 Å². The van der Waals surface area contributed by atoms with Crippen molar-refractivity contribution in [2.24, 2.45) is 0 Å². The van der Waals surface area contributed by atoms with Crippen molar-refractivity contribution in [3.63, 3.8) is 0 Å². The number of aliphatic carboxylic acids is 1. The lowest BCUT2D eigenvalue weighted by molar-refractivity contribution is -0.140. The number of nitrogens with one attached hydrogen (secondary N) is 1. The van der Waals surface area contributed by atoms with Gasteiger partial charge in [-0.1, -0.05) is 12.1 Å². The van der Waals surface area contributed by atoms with Gasteiger partial charge in [-0.05, 0) is 56.8 Å². The highest BCUT2D eigenvalue weighted by Gasteiger charge is 2.26. The van der Waals surface area contributed by atoms with Crippen LogP contribution in [0.5, 0.6) is 0 Å². The van der Waals surface area contributed by atoms with Crippen LogP contribution in [0.25, 0.3) is 0 Å². The predicted molar refractivity (Wildman–Crippen MR) is 97.2 cm³/mol. The first kappa shape index (κ1) is 20.4. The van der Waals surface area contributed by atoms with Gasteiger partial charge in [-0.3, -0.25) is 9.59 Å². The maximum atomic E-state index is 12.6. The summed E-state index contributed by atoms with van der Waals surface area (Å²) in [6.07, 6.45) is 4.27. The van der Waals surface area contributed by atoms with Crippen molar-refractivity contribution in [1.82, 2.24) is 9.62 Å². The lowest BCUT2D eigenvalue weighted by Gasteiger charge is -2.35. The summed E-state index contributed by atoms with van der Waals surface area (Å²) in [4.78, 5) is 25.4. The number of aryl methyl sites for hydroxylation is 1. The van der Waals surface area contributed by atoms with Crippen molar-refractivity contribution in [3.05, 3.63) is 29.8 Å². The zero-order valence-electron chi connectivity index (χ0n) is 15.0. The van der Waals surface area contributed by atoms with E-state index in [1.165, 1.54) is 19.2 Å². The molecule has 0 bridgehead atoms. The molecule has 1 atom stereocenters. The molecule has 8 heteroatoms. The summed E-state index contributed by atoms with van der Waals surface area (Å²) in [6, 6.07) is 6.51. The number of rotatable bonds is 8. The van der Waals surface area contributed by atoms with Gasteiger partial charge in [0.25, 0.3) is 0 Å². The zero-order chi connectivity index (χ0) is 19.2. The molecule has 0 spiro atoms. The number of carbonyl (C=O) groups is 2. The van der Waals surface area contributed by atoms with Crippen LogP contribution < -0.4 is 4.72 Å². The molecule has 1 aromatic rings. The monoisotopic (exact) mass is 382 g/mol. The van der Waals surface area contributed by atoms with Gasteiger partial charge in [0, 0.05) is 25.4 Å². The van der Waals surface area contributed by atoms with Crippen molar-refractivity contribution >= 4 is 21.9 Å². The van der Waals surface area contributed by atoms with E-state index in [1.807, 2.05) is 4.90 Å². The number of amides is 1. The molecule has 0 aliphatic carbocycles. The first-order valence-corrected chi connectivity index (χ1v) is 10.4. The van der Waals surface area contributed by atoms with Crippen LogP contribution in [0.4, 0.5) is 0 Å². The number of nitrogens with zero attached hydrogens (tertiary/aromatic N) is 1. The van der Waals surface area contributed by atoms with Crippen molar-refractivity contribution in [2.45, 2.75) is 55.9 Å². The molecule has 1 saturated heterocycles.